The minimum Gasteiger partial charge on any atom is -0.338 e. The Morgan fingerprint density at radius 3 is 2.56 bits per heavy atom. The fraction of sp³-hybridized carbons (Fsp3) is 0.462. The van der Waals surface area contributed by atoms with Gasteiger partial charge in [-0.3, -0.25) is 0 Å². The molecule has 1 aromatic rings. The van der Waals surface area contributed by atoms with Gasteiger partial charge in [0.05, 0.1) is 0 Å². The molecule has 0 atom stereocenters. The Balaban J connectivity index is 1.72. The van der Waals surface area contributed by atoms with Crippen molar-refractivity contribution in [2.24, 2.45) is 5.92 Å². The molecule has 1 aliphatic carbocycles. The number of nitrogens with one attached hydrogen (secondary N) is 2. The predicted octanol–water partition coefficient (Wildman–Crippen LogP) is 3.00. The molecule has 0 aliphatic heterocycles. The molecule has 0 saturated heterocycles. The Kier molecular flexibility index (Phi) is 3.81. The molecule has 86 valence electrons. The molecule has 3 heteroatoms. The molecule has 0 bridgehead atoms. The monoisotopic (exact) mass is 218 g/mol. The van der Waals surface area contributed by atoms with Crippen molar-refractivity contribution in [3.63, 3.8) is 0 Å². The van der Waals surface area contributed by atoms with Gasteiger partial charge in [-0.25, -0.2) is 4.79 Å². The van der Waals surface area contributed by atoms with Crippen LogP contribution in [-0.4, -0.2) is 12.6 Å². The van der Waals surface area contributed by atoms with Crippen molar-refractivity contribution in [2.75, 3.05) is 11.9 Å². The molecule has 16 heavy (non-hydrogen) atoms. The summed E-state index contributed by atoms with van der Waals surface area (Å²) in [5.74, 6) is 0.682. The van der Waals surface area contributed by atoms with Crippen molar-refractivity contribution >= 4 is 11.7 Å². The molecule has 1 aliphatic rings. The van der Waals surface area contributed by atoms with Gasteiger partial charge in [0.25, 0.3) is 0 Å². The van der Waals surface area contributed by atoms with Crippen LogP contribution in [0.1, 0.15) is 25.7 Å². The predicted molar refractivity (Wildman–Crippen MR) is 65.4 cm³/mol. The van der Waals surface area contributed by atoms with Crippen LogP contribution in [0.3, 0.4) is 0 Å². The lowest BCUT2D eigenvalue weighted by atomic mass is 10.1. The molecule has 0 unspecified atom stereocenters. The molecular weight excluding hydrogens is 200 g/mol. The summed E-state index contributed by atoms with van der Waals surface area (Å²) >= 11 is 0. The van der Waals surface area contributed by atoms with Gasteiger partial charge in [0, 0.05) is 12.2 Å². The van der Waals surface area contributed by atoms with E-state index in [0.717, 1.165) is 12.2 Å². The van der Waals surface area contributed by atoms with Gasteiger partial charge in [0.1, 0.15) is 0 Å². The van der Waals surface area contributed by atoms with E-state index in [1.54, 1.807) is 0 Å². The van der Waals surface area contributed by atoms with Crippen LogP contribution >= 0.6 is 0 Å². The molecule has 0 heterocycles. The summed E-state index contributed by atoms with van der Waals surface area (Å²) in [6.07, 6.45) is 5.14. The summed E-state index contributed by atoms with van der Waals surface area (Å²) < 4.78 is 0. The summed E-state index contributed by atoms with van der Waals surface area (Å²) in [5, 5.41) is 5.74. The van der Waals surface area contributed by atoms with Crippen molar-refractivity contribution in [1.82, 2.24) is 5.32 Å². The molecule has 1 aromatic carbocycles. The number of amides is 2. The van der Waals surface area contributed by atoms with Gasteiger partial charge < -0.3 is 10.6 Å². The minimum atomic E-state index is -0.0990. The zero-order valence-electron chi connectivity index (χ0n) is 9.41. The molecule has 2 amide bonds. The smallest absolute Gasteiger partial charge is 0.319 e. The maximum absolute atomic E-state index is 11.5. The van der Waals surface area contributed by atoms with E-state index in [0.29, 0.717) is 5.92 Å². The normalized spacial score (nSPS) is 16.0. The average Bonchev–Trinajstić information content (AvgIpc) is 2.81. The number of para-hydroxylation sites is 1. The van der Waals surface area contributed by atoms with Crippen LogP contribution in [0.2, 0.25) is 0 Å². The van der Waals surface area contributed by atoms with E-state index in [9.17, 15) is 4.79 Å². The Bertz CT molecular complexity index is 331. The topological polar surface area (TPSA) is 41.1 Å². The molecule has 1 saturated carbocycles. The van der Waals surface area contributed by atoms with Crippen molar-refractivity contribution in [1.29, 1.82) is 0 Å². The summed E-state index contributed by atoms with van der Waals surface area (Å²) in [4.78, 5) is 11.5. The van der Waals surface area contributed by atoms with Gasteiger partial charge >= 0.3 is 6.03 Å². The summed E-state index contributed by atoms with van der Waals surface area (Å²) in [7, 11) is 0. The van der Waals surface area contributed by atoms with Gasteiger partial charge in [-0.2, -0.15) is 0 Å². The van der Waals surface area contributed by atoms with E-state index in [1.165, 1.54) is 25.7 Å². The van der Waals surface area contributed by atoms with Gasteiger partial charge in [0.2, 0.25) is 0 Å². The van der Waals surface area contributed by atoms with Crippen LogP contribution in [-0.2, 0) is 0 Å². The number of benzene rings is 1. The first kappa shape index (κ1) is 11.0. The quantitative estimate of drug-likeness (QED) is 0.804. The number of anilines is 1. The Morgan fingerprint density at radius 2 is 1.88 bits per heavy atom. The van der Waals surface area contributed by atoms with Crippen molar-refractivity contribution in [2.45, 2.75) is 25.7 Å². The fourth-order valence-electron chi connectivity index (χ4n) is 2.15. The Morgan fingerprint density at radius 1 is 1.19 bits per heavy atom. The third kappa shape index (κ3) is 3.26. The second-order valence-corrected chi connectivity index (χ2v) is 4.35. The van der Waals surface area contributed by atoms with Crippen LogP contribution in [0.15, 0.2) is 30.3 Å². The lowest BCUT2D eigenvalue weighted by molar-refractivity contribution is 0.250. The standard InChI is InChI=1S/C13H18N2O/c16-13(14-10-11-6-4-5-7-11)15-12-8-2-1-3-9-12/h1-3,8-9,11H,4-7,10H2,(H2,14,15,16). The van der Waals surface area contributed by atoms with Gasteiger partial charge in [-0.15, -0.1) is 0 Å². The maximum Gasteiger partial charge on any atom is 0.319 e. The highest BCUT2D eigenvalue weighted by atomic mass is 16.2. The number of hydrogen-bond donors (Lipinski definition) is 2. The molecule has 3 nitrogen and oxygen atoms in total. The first-order valence-electron chi connectivity index (χ1n) is 5.94. The third-order valence-corrected chi connectivity index (χ3v) is 3.06. The molecule has 2 N–H and O–H groups in total. The molecular formula is C13H18N2O. The van der Waals surface area contributed by atoms with Crippen LogP contribution in [0, 0.1) is 5.92 Å². The highest BCUT2D eigenvalue weighted by molar-refractivity contribution is 5.89. The number of carbonyl (C=O) groups excluding carboxylic acids is 1. The zero-order valence-corrected chi connectivity index (χ0v) is 9.41. The molecule has 2 rings (SSSR count). The fourth-order valence-corrected chi connectivity index (χ4v) is 2.15. The van der Waals surface area contributed by atoms with Crippen LogP contribution in [0.25, 0.3) is 0 Å². The van der Waals surface area contributed by atoms with Crippen molar-refractivity contribution in [3.8, 4) is 0 Å². The van der Waals surface area contributed by atoms with E-state index in [-0.39, 0.29) is 6.03 Å². The average molecular weight is 218 g/mol. The minimum absolute atomic E-state index is 0.0990. The van der Waals surface area contributed by atoms with E-state index < -0.39 is 0 Å². The summed E-state index contributed by atoms with van der Waals surface area (Å²) in [5.41, 5.74) is 0.839. The second kappa shape index (κ2) is 5.54. The molecule has 0 spiro atoms. The molecule has 0 aromatic heterocycles. The van der Waals surface area contributed by atoms with E-state index in [4.69, 9.17) is 0 Å². The van der Waals surface area contributed by atoms with E-state index in [1.807, 2.05) is 30.3 Å². The maximum atomic E-state index is 11.5. The zero-order chi connectivity index (χ0) is 11.2. The Labute approximate surface area is 96.2 Å². The number of carbonyl (C=O) groups is 1. The van der Waals surface area contributed by atoms with Crippen LogP contribution in [0.4, 0.5) is 10.5 Å². The van der Waals surface area contributed by atoms with Crippen molar-refractivity contribution in [3.05, 3.63) is 30.3 Å². The molecule has 1 fully saturated rings. The lowest BCUT2D eigenvalue weighted by Gasteiger charge is -2.11. The number of urea groups is 1. The highest BCUT2D eigenvalue weighted by Crippen LogP contribution is 2.23. The Hall–Kier alpha value is -1.51. The summed E-state index contributed by atoms with van der Waals surface area (Å²) in [6.45, 7) is 0.804. The third-order valence-electron chi connectivity index (χ3n) is 3.06. The largest absolute Gasteiger partial charge is 0.338 e. The van der Waals surface area contributed by atoms with E-state index in [2.05, 4.69) is 10.6 Å². The van der Waals surface area contributed by atoms with Gasteiger partial charge in [-0.1, -0.05) is 31.0 Å². The number of rotatable bonds is 3. The molecule has 0 radical (unpaired) electrons. The van der Waals surface area contributed by atoms with Gasteiger partial charge in [-0.05, 0) is 30.9 Å². The second-order valence-electron chi connectivity index (χ2n) is 4.35. The first-order chi connectivity index (χ1) is 7.84. The van der Waals surface area contributed by atoms with Crippen LogP contribution in [0.5, 0.6) is 0 Å². The van der Waals surface area contributed by atoms with E-state index >= 15 is 0 Å². The highest BCUT2D eigenvalue weighted by Gasteiger charge is 2.15. The van der Waals surface area contributed by atoms with Crippen LogP contribution < -0.4 is 10.6 Å². The van der Waals surface area contributed by atoms with Gasteiger partial charge in [0.15, 0.2) is 0 Å². The summed E-state index contributed by atoms with van der Waals surface area (Å²) in [6, 6.07) is 9.42. The first-order valence-corrected chi connectivity index (χ1v) is 5.94. The SMILES string of the molecule is O=C(NCC1CCCC1)Nc1ccccc1. The number of hydrogen-bond acceptors (Lipinski definition) is 1. The van der Waals surface area contributed by atoms with Crippen molar-refractivity contribution < 1.29 is 4.79 Å². The lowest BCUT2D eigenvalue weighted by Crippen LogP contribution is -2.32.